The monoisotopic (exact) mass is 341 g/mol. The summed E-state index contributed by atoms with van der Waals surface area (Å²) in [5.74, 6) is -0.437. The Kier molecular flexibility index (Phi) is 4.73. The molecule has 0 aliphatic rings. The number of rotatable bonds is 4. The Labute approximate surface area is 124 Å². The van der Waals surface area contributed by atoms with Crippen LogP contribution < -0.4 is 10.5 Å². The van der Waals surface area contributed by atoms with E-state index in [-0.39, 0.29) is 18.2 Å². The molecule has 2 nitrogen and oxygen atoms in total. The van der Waals surface area contributed by atoms with Crippen molar-refractivity contribution in [3.63, 3.8) is 0 Å². The van der Waals surface area contributed by atoms with Gasteiger partial charge in [0.25, 0.3) is 0 Å². The second kappa shape index (κ2) is 6.33. The molecular weight excluding hydrogens is 328 g/mol. The minimum Gasteiger partial charge on any atom is -0.488 e. The average molecular weight is 342 g/mol. The Bertz CT molecular complexity index is 617. The largest absolute Gasteiger partial charge is 0.488 e. The maximum Gasteiger partial charge on any atom is 0.130 e. The van der Waals surface area contributed by atoms with E-state index in [0.29, 0.717) is 5.75 Å². The van der Waals surface area contributed by atoms with Gasteiger partial charge < -0.3 is 10.5 Å². The Morgan fingerprint density at radius 3 is 2.65 bits per heavy atom. The van der Waals surface area contributed by atoms with E-state index in [9.17, 15) is 8.78 Å². The smallest absolute Gasteiger partial charge is 0.130 e. The van der Waals surface area contributed by atoms with Gasteiger partial charge in [0, 0.05) is 21.6 Å². The molecule has 2 N–H and O–H groups in total. The molecule has 0 bridgehead atoms. The second-order valence-corrected chi connectivity index (χ2v) is 5.41. The quantitative estimate of drug-likeness (QED) is 0.898. The SMILES string of the molecule is CC(N)c1ccc(Br)cc1OCc1cc(F)ccc1F. The first kappa shape index (κ1) is 14.9. The van der Waals surface area contributed by atoms with Crippen molar-refractivity contribution < 1.29 is 13.5 Å². The van der Waals surface area contributed by atoms with E-state index in [1.807, 2.05) is 19.1 Å². The molecule has 106 valence electrons. The number of halogens is 3. The summed E-state index contributed by atoms with van der Waals surface area (Å²) >= 11 is 3.34. The van der Waals surface area contributed by atoms with E-state index in [1.165, 1.54) is 0 Å². The molecule has 2 aromatic carbocycles. The first-order chi connectivity index (χ1) is 9.47. The molecule has 0 fully saturated rings. The Hall–Kier alpha value is -1.46. The van der Waals surface area contributed by atoms with Crippen molar-refractivity contribution in [3.05, 3.63) is 63.6 Å². The third kappa shape index (κ3) is 3.55. The normalized spacial score (nSPS) is 12.2. The summed E-state index contributed by atoms with van der Waals surface area (Å²) in [6, 6.07) is 8.53. The lowest BCUT2D eigenvalue weighted by atomic mass is 10.1. The van der Waals surface area contributed by atoms with Crippen LogP contribution >= 0.6 is 15.9 Å². The van der Waals surface area contributed by atoms with E-state index in [0.717, 1.165) is 28.2 Å². The van der Waals surface area contributed by atoms with Gasteiger partial charge in [0.05, 0.1) is 0 Å². The van der Waals surface area contributed by atoms with Gasteiger partial charge in [-0.2, -0.15) is 0 Å². The molecular formula is C15H14BrF2NO. The van der Waals surface area contributed by atoms with Gasteiger partial charge in [0.2, 0.25) is 0 Å². The summed E-state index contributed by atoms with van der Waals surface area (Å²) < 4.78 is 33.0. The first-order valence-corrected chi connectivity index (χ1v) is 6.88. The van der Waals surface area contributed by atoms with Gasteiger partial charge in [0.1, 0.15) is 24.0 Å². The molecule has 0 saturated carbocycles. The van der Waals surface area contributed by atoms with Crippen LogP contribution in [0.2, 0.25) is 0 Å². The topological polar surface area (TPSA) is 35.2 Å². The first-order valence-electron chi connectivity index (χ1n) is 6.09. The van der Waals surface area contributed by atoms with Crippen LogP contribution in [-0.2, 0) is 6.61 Å². The Balaban J connectivity index is 2.22. The zero-order chi connectivity index (χ0) is 14.7. The van der Waals surface area contributed by atoms with Gasteiger partial charge in [-0.15, -0.1) is 0 Å². The molecule has 0 aromatic heterocycles. The molecule has 0 aliphatic carbocycles. The van der Waals surface area contributed by atoms with Crippen molar-refractivity contribution in [2.24, 2.45) is 5.73 Å². The van der Waals surface area contributed by atoms with Crippen LogP contribution in [0.4, 0.5) is 8.78 Å². The Morgan fingerprint density at radius 1 is 1.20 bits per heavy atom. The molecule has 0 aliphatic heterocycles. The third-order valence-electron chi connectivity index (χ3n) is 2.86. The summed E-state index contributed by atoms with van der Waals surface area (Å²) in [5, 5.41) is 0. The zero-order valence-corrected chi connectivity index (χ0v) is 12.5. The number of hydrogen-bond acceptors (Lipinski definition) is 2. The maximum atomic E-state index is 13.5. The molecule has 0 amide bonds. The number of nitrogens with two attached hydrogens (primary N) is 1. The van der Waals surface area contributed by atoms with Crippen LogP contribution in [0.3, 0.4) is 0 Å². The highest BCUT2D eigenvalue weighted by Gasteiger charge is 2.11. The highest BCUT2D eigenvalue weighted by Crippen LogP contribution is 2.28. The van der Waals surface area contributed by atoms with Crippen molar-refractivity contribution in [3.8, 4) is 5.75 Å². The van der Waals surface area contributed by atoms with Gasteiger partial charge in [-0.1, -0.05) is 22.0 Å². The minimum atomic E-state index is -0.497. The zero-order valence-electron chi connectivity index (χ0n) is 10.9. The van der Waals surface area contributed by atoms with E-state index in [4.69, 9.17) is 10.5 Å². The summed E-state index contributed by atoms with van der Waals surface area (Å²) in [6.07, 6.45) is 0. The lowest BCUT2D eigenvalue weighted by Gasteiger charge is -2.15. The summed E-state index contributed by atoms with van der Waals surface area (Å²) in [7, 11) is 0. The molecule has 1 atom stereocenters. The van der Waals surface area contributed by atoms with Crippen LogP contribution in [0, 0.1) is 11.6 Å². The maximum absolute atomic E-state index is 13.5. The van der Waals surface area contributed by atoms with Crippen LogP contribution in [0.25, 0.3) is 0 Å². The van der Waals surface area contributed by atoms with E-state index < -0.39 is 11.6 Å². The van der Waals surface area contributed by atoms with Crippen molar-refractivity contribution in [2.75, 3.05) is 0 Å². The van der Waals surface area contributed by atoms with Crippen molar-refractivity contribution in [2.45, 2.75) is 19.6 Å². The van der Waals surface area contributed by atoms with E-state index in [1.54, 1.807) is 6.07 Å². The van der Waals surface area contributed by atoms with Gasteiger partial charge in [0.15, 0.2) is 0 Å². The predicted octanol–water partition coefficient (Wildman–Crippen LogP) is 4.33. The number of ether oxygens (including phenoxy) is 1. The fourth-order valence-electron chi connectivity index (χ4n) is 1.82. The lowest BCUT2D eigenvalue weighted by Crippen LogP contribution is -2.08. The van der Waals surface area contributed by atoms with Crippen LogP contribution in [0.15, 0.2) is 40.9 Å². The van der Waals surface area contributed by atoms with E-state index >= 15 is 0 Å². The number of hydrogen-bond donors (Lipinski definition) is 1. The molecule has 2 rings (SSSR count). The number of benzene rings is 2. The van der Waals surface area contributed by atoms with Gasteiger partial charge >= 0.3 is 0 Å². The fraction of sp³-hybridized carbons (Fsp3) is 0.200. The third-order valence-corrected chi connectivity index (χ3v) is 3.35. The fourth-order valence-corrected chi connectivity index (χ4v) is 2.16. The highest BCUT2D eigenvalue weighted by atomic mass is 79.9. The van der Waals surface area contributed by atoms with Crippen molar-refractivity contribution in [1.82, 2.24) is 0 Å². The Morgan fingerprint density at radius 2 is 1.95 bits per heavy atom. The predicted molar refractivity (Wildman–Crippen MR) is 77.4 cm³/mol. The minimum absolute atomic E-state index is 0.0558. The van der Waals surface area contributed by atoms with Gasteiger partial charge in [-0.25, -0.2) is 8.78 Å². The molecule has 5 heteroatoms. The van der Waals surface area contributed by atoms with Gasteiger partial charge in [-0.05, 0) is 37.3 Å². The molecule has 0 heterocycles. The van der Waals surface area contributed by atoms with Crippen molar-refractivity contribution in [1.29, 1.82) is 0 Å². The van der Waals surface area contributed by atoms with Crippen LogP contribution in [0.1, 0.15) is 24.1 Å². The molecule has 0 saturated heterocycles. The molecule has 1 unspecified atom stereocenters. The summed E-state index contributed by atoms with van der Waals surface area (Å²) in [5.41, 5.74) is 6.84. The van der Waals surface area contributed by atoms with Crippen LogP contribution in [0.5, 0.6) is 5.75 Å². The molecule has 0 radical (unpaired) electrons. The molecule has 20 heavy (non-hydrogen) atoms. The standard InChI is InChI=1S/C15H14BrF2NO/c1-9(19)13-4-2-11(16)7-15(13)20-8-10-6-12(17)3-5-14(10)18/h2-7,9H,8,19H2,1H3. The second-order valence-electron chi connectivity index (χ2n) is 4.50. The van der Waals surface area contributed by atoms with E-state index in [2.05, 4.69) is 15.9 Å². The van der Waals surface area contributed by atoms with Gasteiger partial charge in [-0.3, -0.25) is 0 Å². The lowest BCUT2D eigenvalue weighted by molar-refractivity contribution is 0.294. The highest BCUT2D eigenvalue weighted by molar-refractivity contribution is 9.10. The molecule has 0 spiro atoms. The summed E-state index contributed by atoms with van der Waals surface area (Å²) in [4.78, 5) is 0. The van der Waals surface area contributed by atoms with Crippen molar-refractivity contribution >= 4 is 15.9 Å². The van der Waals surface area contributed by atoms with Crippen LogP contribution in [-0.4, -0.2) is 0 Å². The molecule has 2 aromatic rings. The summed E-state index contributed by atoms with van der Waals surface area (Å²) in [6.45, 7) is 1.78. The average Bonchev–Trinajstić information content (AvgIpc) is 2.39.